The lowest BCUT2D eigenvalue weighted by atomic mass is 10.1. The first kappa shape index (κ1) is 25.2. The molecule has 1 aromatic carbocycles. The third kappa shape index (κ3) is 4.89. The summed E-state index contributed by atoms with van der Waals surface area (Å²) in [6, 6.07) is 11.4. The van der Waals surface area contributed by atoms with Crippen molar-refractivity contribution in [3.05, 3.63) is 93.1 Å². The number of anilines is 1. The maximum atomic E-state index is 15.0. The van der Waals surface area contributed by atoms with Crippen molar-refractivity contribution >= 4 is 22.0 Å². The van der Waals surface area contributed by atoms with E-state index < -0.39 is 34.8 Å². The highest BCUT2D eigenvalue weighted by molar-refractivity contribution is 5.86. The molecular formula is C26H22F4N6O2. The van der Waals surface area contributed by atoms with E-state index in [1.54, 1.807) is 47.1 Å². The number of halogens is 4. The van der Waals surface area contributed by atoms with Gasteiger partial charge in [0.15, 0.2) is 0 Å². The number of alkyl halides is 3. The Labute approximate surface area is 212 Å². The monoisotopic (exact) mass is 526 g/mol. The van der Waals surface area contributed by atoms with E-state index in [-0.39, 0.29) is 23.1 Å². The SMILES string of the molecule is C[C@@H](CCCn1ccc2cc(-c3cc4ccccn4n3)c(F)cc2c1=O)Nc1cn[nH]c(=O)c1C(F)(F)F. The zero-order chi connectivity index (χ0) is 27.0. The van der Waals surface area contributed by atoms with Gasteiger partial charge in [0, 0.05) is 30.5 Å². The molecule has 0 saturated heterocycles. The Kier molecular flexibility index (Phi) is 6.47. The summed E-state index contributed by atoms with van der Waals surface area (Å²) in [5, 5.41) is 13.1. The molecule has 12 heteroatoms. The lowest BCUT2D eigenvalue weighted by Gasteiger charge is -2.18. The molecule has 0 spiro atoms. The number of hydrogen-bond donors (Lipinski definition) is 2. The van der Waals surface area contributed by atoms with Crippen molar-refractivity contribution in [1.82, 2.24) is 24.4 Å². The zero-order valence-corrected chi connectivity index (χ0v) is 20.1. The molecule has 1 atom stereocenters. The number of benzene rings is 1. The van der Waals surface area contributed by atoms with Gasteiger partial charge in [-0.1, -0.05) is 6.07 Å². The Balaban J connectivity index is 1.31. The van der Waals surface area contributed by atoms with Gasteiger partial charge in [-0.3, -0.25) is 9.59 Å². The first-order chi connectivity index (χ1) is 18.1. The number of H-pyrrole nitrogens is 1. The Morgan fingerprint density at radius 1 is 1.11 bits per heavy atom. The van der Waals surface area contributed by atoms with Crippen LogP contribution in [0.5, 0.6) is 0 Å². The van der Waals surface area contributed by atoms with Crippen molar-refractivity contribution in [2.75, 3.05) is 5.32 Å². The summed E-state index contributed by atoms with van der Waals surface area (Å²) in [5.74, 6) is -0.569. The molecule has 0 aliphatic rings. The molecule has 0 aliphatic carbocycles. The zero-order valence-electron chi connectivity index (χ0n) is 20.1. The van der Waals surface area contributed by atoms with Crippen LogP contribution in [0.4, 0.5) is 23.2 Å². The van der Waals surface area contributed by atoms with Gasteiger partial charge in [-0.25, -0.2) is 14.0 Å². The van der Waals surface area contributed by atoms with Crippen LogP contribution in [-0.4, -0.2) is 30.4 Å². The van der Waals surface area contributed by atoms with E-state index in [0.717, 1.165) is 11.7 Å². The van der Waals surface area contributed by atoms with E-state index in [1.165, 1.54) is 10.6 Å². The van der Waals surface area contributed by atoms with Crippen molar-refractivity contribution < 1.29 is 17.6 Å². The average molecular weight is 526 g/mol. The predicted octanol–water partition coefficient (Wildman–Crippen LogP) is 4.84. The average Bonchev–Trinajstić information content (AvgIpc) is 3.29. The maximum absolute atomic E-state index is 15.0. The Bertz CT molecular complexity index is 1720. The number of hydrogen-bond acceptors (Lipinski definition) is 5. The fraction of sp³-hybridized carbons (Fsp3) is 0.231. The second-order valence-corrected chi connectivity index (χ2v) is 9.01. The highest BCUT2D eigenvalue weighted by atomic mass is 19.4. The van der Waals surface area contributed by atoms with Gasteiger partial charge < -0.3 is 9.88 Å². The Morgan fingerprint density at radius 2 is 1.92 bits per heavy atom. The van der Waals surface area contributed by atoms with Gasteiger partial charge in [0.2, 0.25) is 0 Å². The van der Waals surface area contributed by atoms with E-state index >= 15 is 4.39 Å². The van der Waals surface area contributed by atoms with Crippen molar-refractivity contribution in [3.63, 3.8) is 0 Å². The number of aromatic amines is 1. The quantitative estimate of drug-likeness (QED) is 0.296. The van der Waals surface area contributed by atoms with Crippen molar-refractivity contribution in [2.24, 2.45) is 0 Å². The number of pyridine rings is 2. The van der Waals surface area contributed by atoms with Crippen LogP contribution in [0.15, 0.2) is 70.6 Å². The van der Waals surface area contributed by atoms with Crippen LogP contribution in [0.25, 0.3) is 27.5 Å². The molecule has 0 bridgehead atoms. The van der Waals surface area contributed by atoms with Gasteiger partial charge in [-0.2, -0.15) is 23.4 Å². The normalized spacial score (nSPS) is 12.8. The summed E-state index contributed by atoms with van der Waals surface area (Å²) >= 11 is 0. The van der Waals surface area contributed by atoms with E-state index in [1.807, 2.05) is 18.2 Å². The maximum Gasteiger partial charge on any atom is 0.423 e. The van der Waals surface area contributed by atoms with E-state index in [0.29, 0.717) is 23.9 Å². The number of fused-ring (bicyclic) bond motifs is 2. The Morgan fingerprint density at radius 3 is 2.68 bits per heavy atom. The molecule has 4 heterocycles. The number of aryl methyl sites for hydroxylation is 1. The summed E-state index contributed by atoms with van der Waals surface area (Å²) in [6.07, 6.45) is 0.297. The highest BCUT2D eigenvalue weighted by Gasteiger charge is 2.37. The van der Waals surface area contributed by atoms with Crippen LogP contribution in [0.2, 0.25) is 0 Å². The van der Waals surface area contributed by atoms with Gasteiger partial charge >= 0.3 is 6.18 Å². The molecule has 38 heavy (non-hydrogen) atoms. The molecular weight excluding hydrogens is 504 g/mol. The third-order valence-electron chi connectivity index (χ3n) is 6.29. The molecule has 196 valence electrons. The van der Waals surface area contributed by atoms with Crippen LogP contribution in [0.1, 0.15) is 25.3 Å². The topological polar surface area (TPSA) is 97.1 Å². The van der Waals surface area contributed by atoms with Crippen LogP contribution in [0, 0.1) is 5.82 Å². The molecule has 0 fully saturated rings. The van der Waals surface area contributed by atoms with E-state index in [4.69, 9.17) is 0 Å². The minimum atomic E-state index is -4.84. The highest BCUT2D eigenvalue weighted by Crippen LogP contribution is 2.32. The smallest absolute Gasteiger partial charge is 0.381 e. The fourth-order valence-corrected chi connectivity index (χ4v) is 4.44. The number of aromatic nitrogens is 5. The molecule has 4 aromatic heterocycles. The van der Waals surface area contributed by atoms with E-state index in [2.05, 4.69) is 15.5 Å². The lowest BCUT2D eigenvalue weighted by molar-refractivity contribution is -0.138. The van der Waals surface area contributed by atoms with Crippen LogP contribution < -0.4 is 16.4 Å². The first-order valence-corrected chi connectivity index (χ1v) is 11.8. The number of nitrogens with one attached hydrogen (secondary N) is 2. The summed E-state index contributed by atoms with van der Waals surface area (Å²) in [6.45, 7) is 1.94. The van der Waals surface area contributed by atoms with Crippen LogP contribution in [0.3, 0.4) is 0 Å². The molecule has 5 rings (SSSR count). The third-order valence-corrected chi connectivity index (χ3v) is 6.29. The van der Waals surface area contributed by atoms with Gasteiger partial charge in [-0.05, 0) is 61.5 Å². The van der Waals surface area contributed by atoms with Crippen molar-refractivity contribution in [2.45, 2.75) is 38.5 Å². The van der Waals surface area contributed by atoms with Gasteiger partial charge in [0.1, 0.15) is 11.4 Å². The van der Waals surface area contributed by atoms with E-state index in [9.17, 15) is 22.8 Å². The molecule has 0 amide bonds. The summed E-state index contributed by atoms with van der Waals surface area (Å²) in [5.41, 5.74) is -1.90. The predicted molar refractivity (Wildman–Crippen MR) is 135 cm³/mol. The standard InChI is InChI=1S/C26H22F4N6O2/c1-15(32-22-14-31-33-24(37)23(22)26(28,29)30)5-4-8-35-10-7-16-11-19(20(27)13-18(16)25(35)38)21-12-17-6-2-3-9-36(17)34-21/h2-3,6-7,9-15H,4-5,8H2,1H3,(H2,32,33,37)/t15-/m0/s1. The number of nitrogens with zero attached hydrogens (tertiary/aromatic N) is 4. The lowest BCUT2D eigenvalue weighted by Crippen LogP contribution is -2.27. The molecule has 0 radical (unpaired) electrons. The second-order valence-electron chi connectivity index (χ2n) is 9.01. The number of rotatable bonds is 7. The molecule has 2 N–H and O–H groups in total. The molecule has 0 aliphatic heterocycles. The summed E-state index contributed by atoms with van der Waals surface area (Å²) in [4.78, 5) is 24.6. The molecule has 5 aromatic rings. The van der Waals surface area contributed by atoms with Gasteiger partial charge in [0.05, 0.1) is 28.5 Å². The van der Waals surface area contributed by atoms with Gasteiger partial charge in [0.25, 0.3) is 11.1 Å². The molecule has 0 unspecified atom stereocenters. The van der Waals surface area contributed by atoms with Gasteiger partial charge in [-0.15, -0.1) is 0 Å². The summed E-state index contributed by atoms with van der Waals surface area (Å²) < 4.78 is 57.9. The Hall–Kier alpha value is -4.48. The van der Waals surface area contributed by atoms with Crippen LogP contribution >= 0.6 is 0 Å². The van der Waals surface area contributed by atoms with Crippen molar-refractivity contribution in [3.8, 4) is 11.3 Å². The first-order valence-electron chi connectivity index (χ1n) is 11.8. The second kappa shape index (κ2) is 9.77. The minimum Gasteiger partial charge on any atom is -0.381 e. The van der Waals surface area contributed by atoms with Crippen molar-refractivity contribution in [1.29, 1.82) is 0 Å². The minimum absolute atomic E-state index is 0.216. The largest absolute Gasteiger partial charge is 0.423 e. The molecule has 8 nitrogen and oxygen atoms in total. The summed E-state index contributed by atoms with van der Waals surface area (Å²) in [7, 11) is 0. The molecule has 0 saturated carbocycles. The fourth-order valence-electron chi connectivity index (χ4n) is 4.44. The van der Waals surface area contributed by atoms with Crippen LogP contribution in [-0.2, 0) is 12.7 Å².